The first-order chi connectivity index (χ1) is 16.6. The zero-order valence-corrected chi connectivity index (χ0v) is 27.5. The molecule has 0 aliphatic rings. The molecule has 2 unspecified atom stereocenters. The maximum Gasteiger partial charge on any atom is 0.224 e. The van der Waals surface area contributed by atoms with Gasteiger partial charge in [-0.1, -0.05) is 69.2 Å². The predicted octanol–water partition coefficient (Wildman–Crippen LogP) is 5.82. The molecule has 0 aliphatic carbocycles. The topological polar surface area (TPSA) is 84.9 Å². The smallest absolute Gasteiger partial charge is 0.224 e. The third-order valence-corrected chi connectivity index (χ3v) is 5.99. The summed E-state index contributed by atoms with van der Waals surface area (Å²) in [6, 6.07) is 0. The third-order valence-electron chi connectivity index (χ3n) is 4.82. The molecule has 1 N–H and O–H groups in total. The molecule has 0 saturated carbocycles. The van der Waals surface area contributed by atoms with Crippen LogP contribution in [0.5, 0.6) is 0 Å². The van der Waals surface area contributed by atoms with E-state index < -0.39 is 9.84 Å². The van der Waals surface area contributed by atoms with Crippen LogP contribution in [-0.4, -0.2) is 82.8 Å². The summed E-state index contributed by atoms with van der Waals surface area (Å²) in [6.45, 7) is 29.2. The molecule has 7 nitrogen and oxygen atoms in total. The lowest BCUT2D eigenvalue weighted by Crippen LogP contribution is -2.41. The van der Waals surface area contributed by atoms with Crippen LogP contribution < -0.4 is 5.32 Å². The lowest BCUT2D eigenvalue weighted by Gasteiger charge is -2.31. The number of hydrogen-bond acceptors (Lipinski definition) is 6. The van der Waals surface area contributed by atoms with Crippen LogP contribution in [-0.2, 0) is 24.1 Å². The summed E-state index contributed by atoms with van der Waals surface area (Å²) in [5.41, 5.74) is -0.201. The van der Waals surface area contributed by atoms with Gasteiger partial charge >= 0.3 is 0 Å². The van der Waals surface area contributed by atoms with Gasteiger partial charge in [-0.3, -0.25) is 4.79 Å². The number of carbonyl (C=O) groups is 1. The van der Waals surface area contributed by atoms with E-state index in [0.29, 0.717) is 32.8 Å². The average molecular weight is 541 g/mol. The van der Waals surface area contributed by atoms with Crippen molar-refractivity contribution < 1.29 is 22.7 Å². The fourth-order valence-electron chi connectivity index (χ4n) is 3.42. The van der Waals surface area contributed by atoms with Crippen LogP contribution in [0.2, 0.25) is 0 Å². The molecule has 0 aromatic heterocycles. The van der Waals surface area contributed by atoms with Gasteiger partial charge in [0.25, 0.3) is 0 Å². The Morgan fingerprint density at radius 3 is 1.94 bits per heavy atom. The Morgan fingerprint density at radius 1 is 1.00 bits per heavy atom. The van der Waals surface area contributed by atoms with Gasteiger partial charge in [0.2, 0.25) is 5.91 Å². The number of carbonyl (C=O) groups excluding carboxylic acids is 1. The van der Waals surface area contributed by atoms with Crippen LogP contribution in [0.15, 0.2) is 0 Å². The zero-order valence-electron chi connectivity index (χ0n) is 26.7. The van der Waals surface area contributed by atoms with Crippen molar-refractivity contribution in [2.24, 2.45) is 11.3 Å². The SMILES string of the molecule is CC.CC.CC.CCNC(C)(C)CCOC(C)CC(=O)N(C)CC(C)(C)COCC(C)CS(C)(=O)=O. The molecule has 0 bridgehead atoms. The van der Waals surface area contributed by atoms with Gasteiger partial charge in [-0.05, 0) is 39.7 Å². The molecule has 222 valence electrons. The van der Waals surface area contributed by atoms with Crippen molar-refractivity contribution in [3.05, 3.63) is 0 Å². The fourth-order valence-corrected chi connectivity index (χ4v) is 4.55. The van der Waals surface area contributed by atoms with Crippen LogP contribution in [0.3, 0.4) is 0 Å². The molecule has 2 atom stereocenters. The van der Waals surface area contributed by atoms with Crippen LogP contribution in [0.25, 0.3) is 0 Å². The van der Waals surface area contributed by atoms with E-state index in [4.69, 9.17) is 9.47 Å². The average Bonchev–Trinajstić information content (AvgIpc) is 2.76. The Kier molecular flexibility index (Phi) is 27.6. The Hall–Kier alpha value is -0.700. The quantitative estimate of drug-likeness (QED) is 0.265. The number of rotatable bonds is 16. The number of sulfone groups is 1. The van der Waals surface area contributed by atoms with E-state index in [9.17, 15) is 13.2 Å². The highest BCUT2D eigenvalue weighted by Gasteiger charge is 2.25. The fraction of sp³-hybridized carbons (Fsp3) is 0.964. The van der Waals surface area contributed by atoms with Crippen molar-refractivity contribution in [2.75, 3.05) is 52.0 Å². The van der Waals surface area contributed by atoms with E-state index in [1.54, 1.807) is 11.9 Å². The highest BCUT2D eigenvalue weighted by atomic mass is 32.2. The van der Waals surface area contributed by atoms with Crippen molar-refractivity contribution in [1.82, 2.24) is 10.2 Å². The number of nitrogens with one attached hydrogen (secondary N) is 1. The molecule has 0 saturated heterocycles. The minimum atomic E-state index is -3.00. The van der Waals surface area contributed by atoms with Crippen LogP contribution in [0.1, 0.15) is 103 Å². The highest BCUT2D eigenvalue weighted by molar-refractivity contribution is 7.90. The monoisotopic (exact) mass is 540 g/mol. The first-order valence-electron chi connectivity index (χ1n) is 13.9. The molecule has 36 heavy (non-hydrogen) atoms. The molecule has 8 heteroatoms. The van der Waals surface area contributed by atoms with Crippen molar-refractivity contribution >= 4 is 15.7 Å². The molecule has 0 aliphatic heterocycles. The standard InChI is InChI=1S/C22H46N2O5S.3C2H6/c1-10-23-22(6,7)11-12-29-19(3)13-20(25)24(8)16-21(4,5)17-28-14-18(2)15-30(9,26)27;3*1-2/h18-19,23H,10-17H2,1-9H3;3*1-2H3. The van der Waals surface area contributed by atoms with Gasteiger partial charge in [0, 0.05) is 37.4 Å². The van der Waals surface area contributed by atoms with E-state index >= 15 is 0 Å². The number of nitrogens with zero attached hydrogens (tertiary/aromatic N) is 1. The van der Waals surface area contributed by atoms with E-state index in [-0.39, 0.29) is 34.6 Å². The van der Waals surface area contributed by atoms with Crippen molar-refractivity contribution in [1.29, 1.82) is 0 Å². The molecule has 0 aromatic carbocycles. The zero-order chi connectivity index (χ0) is 29.6. The van der Waals surface area contributed by atoms with Gasteiger partial charge < -0.3 is 19.7 Å². The van der Waals surface area contributed by atoms with Gasteiger partial charge in [-0.15, -0.1) is 0 Å². The first kappa shape index (κ1) is 42.4. The van der Waals surface area contributed by atoms with E-state index in [1.165, 1.54) is 6.26 Å². The van der Waals surface area contributed by atoms with E-state index in [0.717, 1.165) is 13.0 Å². The summed E-state index contributed by atoms with van der Waals surface area (Å²) < 4.78 is 34.3. The largest absolute Gasteiger partial charge is 0.381 e. The lowest BCUT2D eigenvalue weighted by molar-refractivity contribution is -0.134. The highest BCUT2D eigenvalue weighted by Crippen LogP contribution is 2.19. The van der Waals surface area contributed by atoms with Gasteiger partial charge in [0.1, 0.15) is 9.84 Å². The molecule has 0 rings (SSSR count). The second-order valence-corrected chi connectivity index (χ2v) is 12.4. The lowest BCUT2D eigenvalue weighted by atomic mass is 9.94. The van der Waals surface area contributed by atoms with Crippen LogP contribution >= 0.6 is 0 Å². The second-order valence-electron chi connectivity index (χ2n) is 10.2. The maximum atomic E-state index is 12.6. The summed E-state index contributed by atoms with van der Waals surface area (Å²) >= 11 is 0. The van der Waals surface area contributed by atoms with Gasteiger partial charge in [-0.2, -0.15) is 0 Å². The Labute approximate surface area is 226 Å². The molecule has 0 heterocycles. The summed E-state index contributed by atoms with van der Waals surface area (Å²) in [7, 11) is -1.19. The Balaban J connectivity index is -0.000000787. The van der Waals surface area contributed by atoms with Gasteiger partial charge in [0.05, 0.1) is 31.5 Å². The molecular weight excluding hydrogens is 476 g/mol. The molecule has 1 amide bonds. The molecule has 0 spiro atoms. The summed E-state index contributed by atoms with van der Waals surface area (Å²) in [6.07, 6.45) is 2.34. The van der Waals surface area contributed by atoms with E-state index in [1.807, 2.05) is 69.2 Å². The minimum Gasteiger partial charge on any atom is -0.381 e. The van der Waals surface area contributed by atoms with Crippen molar-refractivity contribution in [3.8, 4) is 0 Å². The maximum absolute atomic E-state index is 12.6. The first-order valence-corrected chi connectivity index (χ1v) is 16.0. The van der Waals surface area contributed by atoms with Crippen molar-refractivity contribution in [3.63, 3.8) is 0 Å². The predicted molar refractivity (Wildman–Crippen MR) is 158 cm³/mol. The molecule has 0 fully saturated rings. The second kappa shape index (κ2) is 23.4. The van der Waals surface area contributed by atoms with Crippen molar-refractivity contribution in [2.45, 2.75) is 114 Å². The number of amides is 1. The summed E-state index contributed by atoms with van der Waals surface area (Å²) in [5.74, 6) is 0.118. The van der Waals surface area contributed by atoms with Crippen LogP contribution in [0.4, 0.5) is 0 Å². The minimum absolute atomic E-state index is 0.0259. The van der Waals surface area contributed by atoms with Crippen LogP contribution in [0, 0.1) is 11.3 Å². The summed E-state index contributed by atoms with van der Waals surface area (Å²) in [5, 5.41) is 3.42. The Morgan fingerprint density at radius 2 is 1.50 bits per heavy atom. The number of ether oxygens (including phenoxy) is 2. The van der Waals surface area contributed by atoms with Gasteiger partial charge in [-0.25, -0.2) is 8.42 Å². The molecular formula is C28H64N2O5S. The third kappa shape index (κ3) is 27.9. The molecule has 0 aromatic rings. The van der Waals surface area contributed by atoms with E-state index in [2.05, 4.69) is 26.1 Å². The molecule has 0 radical (unpaired) electrons. The number of hydrogen-bond donors (Lipinski definition) is 1. The van der Waals surface area contributed by atoms with Gasteiger partial charge in [0.15, 0.2) is 0 Å². The normalized spacial score (nSPS) is 13.1. The summed E-state index contributed by atoms with van der Waals surface area (Å²) in [4.78, 5) is 14.3. The Bertz CT molecular complexity index is 607.